The summed E-state index contributed by atoms with van der Waals surface area (Å²) in [4.78, 5) is 3.92. The van der Waals surface area contributed by atoms with Crippen molar-refractivity contribution in [1.82, 2.24) is 4.98 Å². The number of rotatable bonds is 3. The topological polar surface area (TPSA) is 22.1 Å². The van der Waals surface area contributed by atoms with Gasteiger partial charge in [-0.15, -0.1) is 0 Å². The molecule has 0 fully saturated rings. The van der Waals surface area contributed by atoms with Crippen LogP contribution >= 0.6 is 23.2 Å². The van der Waals surface area contributed by atoms with Gasteiger partial charge in [-0.25, -0.2) is 9.37 Å². The van der Waals surface area contributed by atoms with Crippen molar-refractivity contribution in [3.63, 3.8) is 0 Å². The number of pyridine rings is 1. The third-order valence-corrected chi connectivity index (χ3v) is 2.60. The predicted octanol–water partition coefficient (Wildman–Crippen LogP) is 4.11. The van der Waals surface area contributed by atoms with Crippen LogP contribution in [0.2, 0.25) is 10.2 Å². The quantitative estimate of drug-likeness (QED) is 0.784. The van der Waals surface area contributed by atoms with E-state index in [1.165, 1.54) is 18.2 Å². The van der Waals surface area contributed by atoms with E-state index in [1.807, 2.05) is 0 Å². The third-order valence-electron chi connectivity index (χ3n) is 2.08. The molecule has 0 atom stereocenters. The van der Waals surface area contributed by atoms with Crippen LogP contribution in [-0.2, 0) is 6.61 Å². The monoisotopic (exact) mass is 271 g/mol. The van der Waals surface area contributed by atoms with Crippen molar-refractivity contribution in [3.8, 4) is 5.75 Å². The molecule has 17 heavy (non-hydrogen) atoms. The summed E-state index contributed by atoms with van der Waals surface area (Å²) in [6.45, 7) is 0.301. The molecule has 0 unspecified atom stereocenters. The first kappa shape index (κ1) is 12.1. The molecule has 88 valence electrons. The maximum atomic E-state index is 12.8. The van der Waals surface area contributed by atoms with E-state index < -0.39 is 5.82 Å². The van der Waals surface area contributed by atoms with Gasteiger partial charge < -0.3 is 4.74 Å². The zero-order valence-corrected chi connectivity index (χ0v) is 10.2. The molecule has 1 aromatic carbocycles. The molecule has 0 N–H and O–H groups in total. The van der Waals surface area contributed by atoms with Crippen LogP contribution in [0.25, 0.3) is 0 Å². The normalized spacial score (nSPS) is 10.3. The number of ether oxygens (including phenoxy) is 1. The lowest BCUT2D eigenvalue weighted by Gasteiger charge is -2.07. The van der Waals surface area contributed by atoms with E-state index in [1.54, 1.807) is 18.3 Å². The van der Waals surface area contributed by atoms with Crippen molar-refractivity contribution in [2.75, 3.05) is 0 Å². The van der Waals surface area contributed by atoms with Gasteiger partial charge in [0.25, 0.3) is 0 Å². The van der Waals surface area contributed by atoms with Crippen LogP contribution in [0.15, 0.2) is 36.5 Å². The summed E-state index contributed by atoms with van der Waals surface area (Å²) >= 11 is 11.5. The van der Waals surface area contributed by atoms with Gasteiger partial charge in [-0.2, -0.15) is 0 Å². The fourth-order valence-electron chi connectivity index (χ4n) is 1.25. The zero-order chi connectivity index (χ0) is 12.3. The average molecular weight is 272 g/mol. The Labute approximate surface area is 108 Å². The van der Waals surface area contributed by atoms with E-state index in [0.29, 0.717) is 17.5 Å². The Bertz CT molecular complexity index is 516. The van der Waals surface area contributed by atoms with E-state index >= 15 is 0 Å². The molecule has 2 rings (SSSR count). The summed E-state index contributed by atoms with van der Waals surface area (Å²) < 4.78 is 18.2. The molecular weight excluding hydrogens is 264 g/mol. The van der Waals surface area contributed by atoms with E-state index in [9.17, 15) is 4.39 Å². The molecule has 5 heteroatoms. The van der Waals surface area contributed by atoms with Gasteiger partial charge in [-0.3, -0.25) is 0 Å². The Hall–Kier alpha value is -1.32. The van der Waals surface area contributed by atoms with Crippen molar-refractivity contribution in [2.24, 2.45) is 0 Å². The molecule has 0 aliphatic carbocycles. The Morgan fingerprint density at radius 1 is 1.18 bits per heavy atom. The second kappa shape index (κ2) is 5.34. The van der Waals surface area contributed by atoms with Gasteiger partial charge in [-0.1, -0.05) is 29.3 Å². The summed E-state index contributed by atoms with van der Waals surface area (Å²) in [6, 6.07) is 7.46. The van der Waals surface area contributed by atoms with Crippen LogP contribution in [0.5, 0.6) is 5.75 Å². The fraction of sp³-hybridized carbons (Fsp3) is 0.0833. The molecule has 0 bridgehead atoms. The van der Waals surface area contributed by atoms with Gasteiger partial charge in [0.2, 0.25) is 0 Å². The number of nitrogens with zero attached hydrogens (tertiary/aromatic N) is 1. The maximum Gasteiger partial charge on any atom is 0.138 e. The smallest absolute Gasteiger partial charge is 0.138 e. The Morgan fingerprint density at radius 3 is 2.65 bits per heavy atom. The summed E-state index contributed by atoms with van der Waals surface area (Å²) in [7, 11) is 0. The molecule has 0 saturated heterocycles. The van der Waals surface area contributed by atoms with Crippen LogP contribution in [0, 0.1) is 5.82 Å². The second-order valence-electron chi connectivity index (χ2n) is 3.35. The van der Waals surface area contributed by atoms with Crippen LogP contribution in [0.4, 0.5) is 4.39 Å². The highest BCUT2D eigenvalue weighted by atomic mass is 35.5. The zero-order valence-electron chi connectivity index (χ0n) is 8.66. The van der Waals surface area contributed by atoms with Crippen LogP contribution in [-0.4, -0.2) is 4.98 Å². The van der Waals surface area contributed by atoms with E-state index in [4.69, 9.17) is 27.9 Å². The maximum absolute atomic E-state index is 12.8. The minimum absolute atomic E-state index is 0.243. The third kappa shape index (κ3) is 3.32. The molecule has 1 heterocycles. The molecule has 0 aliphatic heterocycles. The molecular formula is C12H8Cl2FNO. The van der Waals surface area contributed by atoms with Gasteiger partial charge in [0.15, 0.2) is 0 Å². The van der Waals surface area contributed by atoms with Crippen molar-refractivity contribution in [1.29, 1.82) is 0 Å². The number of hydrogen-bond donors (Lipinski definition) is 0. The van der Waals surface area contributed by atoms with E-state index in [-0.39, 0.29) is 5.02 Å². The molecule has 2 nitrogen and oxygen atoms in total. The summed E-state index contributed by atoms with van der Waals surface area (Å²) in [5.41, 5.74) is 0.856. The van der Waals surface area contributed by atoms with E-state index in [0.717, 1.165) is 5.56 Å². The molecule has 0 radical (unpaired) electrons. The Kier molecular flexibility index (Phi) is 3.82. The van der Waals surface area contributed by atoms with Gasteiger partial charge >= 0.3 is 0 Å². The fourth-order valence-corrected chi connectivity index (χ4v) is 1.58. The highest BCUT2D eigenvalue weighted by molar-refractivity contribution is 6.32. The van der Waals surface area contributed by atoms with Gasteiger partial charge in [0.05, 0.1) is 5.02 Å². The summed E-state index contributed by atoms with van der Waals surface area (Å²) in [5.74, 6) is 0.0403. The second-order valence-corrected chi connectivity index (χ2v) is 4.15. The summed E-state index contributed by atoms with van der Waals surface area (Å²) in [6.07, 6.45) is 1.61. The van der Waals surface area contributed by atoms with Crippen molar-refractivity contribution in [3.05, 3.63) is 58.1 Å². The predicted molar refractivity (Wildman–Crippen MR) is 65.0 cm³/mol. The first-order valence-corrected chi connectivity index (χ1v) is 5.59. The lowest BCUT2D eigenvalue weighted by atomic mass is 10.3. The first-order chi connectivity index (χ1) is 8.15. The van der Waals surface area contributed by atoms with Crippen molar-refractivity contribution < 1.29 is 9.13 Å². The Balaban J connectivity index is 2.04. The number of halogens is 3. The van der Waals surface area contributed by atoms with E-state index in [2.05, 4.69) is 4.98 Å². The number of hydrogen-bond acceptors (Lipinski definition) is 2. The van der Waals surface area contributed by atoms with Crippen LogP contribution in [0.3, 0.4) is 0 Å². The van der Waals surface area contributed by atoms with Crippen LogP contribution in [0.1, 0.15) is 5.56 Å². The highest BCUT2D eigenvalue weighted by Crippen LogP contribution is 2.25. The molecule has 0 amide bonds. The number of benzene rings is 1. The lowest BCUT2D eigenvalue weighted by Crippen LogP contribution is -1.96. The first-order valence-electron chi connectivity index (χ1n) is 4.83. The molecule has 0 aliphatic rings. The van der Waals surface area contributed by atoms with Gasteiger partial charge in [0.1, 0.15) is 23.3 Å². The minimum Gasteiger partial charge on any atom is -0.487 e. The highest BCUT2D eigenvalue weighted by Gasteiger charge is 2.03. The Morgan fingerprint density at radius 2 is 2.00 bits per heavy atom. The molecule has 2 aromatic rings. The van der Waals surface area contributed by atoms with Crippen molar-refractivity contribution in [2.45, 2.75) is 6.61 Å². The molecule has 0 spiro atoms. The average Bonchev–Trinajstić information content (AvgIpc) is 2.30. The van der Waals surface area contributed by atoms with Gasteiger partial charge in [0, 0.05) is 11.8 Å². The molecule has 0 saturated carbocycles. The largest absolute Gasteiger partial charge is 0.487 e. The minimum atomic E-state index is -0.393. The lowest BCUT2D eigenvalue weighted by molar-refractivity contribution is 0.305. The summed E-state index contributed by atoms with van der Waals surface area (Å²) in [5, 5.41) is 0.667. The van der Waals surface area contributed by atoms with Gasteiger partial charge in [-0.05, 0) is 24.3 Å². The number of aromatic nitrogens is 1. The SMILES string of the molecule is Fc1ccc(OCc2ccc(Cl)nc2)c(Cl)c1. The van der Waals surface area contributed by atoms with Crippen molar-refractivity contribution >= 4 is 23.2 Å². The van der Waals surface area contributed by atoms with Crippen LogP contribution < -0.4 is 4.74 Å². The standard InChI is InChI=1S/C12H8Cl2FNO/c13-10-5-9(15)2-3-11(10)17-7-8-1-4-12(14)16-6-8/h1-6H,7H2. The molecule has 1 aromatic heterocycles.